The normalized spacial score (nSPS) is 16.8. The minimum atomic E-state index is -10.2. The minimum absolute atomic E-state index is 2.15. The molecule has 0 heterocycles. The number of aliphatic carboxylic acids is 1. The van der Waals surface area contributed by atoms with Crippen LogP contribution >= 0.6 is 0 Å². The van der Waals surface area contributed by atoms with Gasteiger partial charge in [0.25, 0.3) is 0 Å². The number of rotatable bonds is 20. The summed E-state index contributed by atoms with van der Waals surface area (Å²) in [4.78, 5) is 21.9. The lowest BCUT2D eigenvalue weighted by Gasteiger charge is -2.44. The van der Waals surface area contributed by atoms with Gasteiger partial charge in [-0.15, -0.1) is 0 Å². The molecule has 0 spiro atoms. The Morgan fingerprint density at radius 1 is 0.299 bits per heavy atom. The number of halogens is 39. The summed E-state index contributed by atoms with van der Waals surface area (Å²) >= 11 is 0. The summed E-state index contributed by atoms with van der Waals surface area (Å²) in [6.07, 6.45) is -22.2. The molecule has 0 aliphatic carbocycles. The van der Waals surface area contributed by atoms with Crippen molar-refractivity contribution < 1.29 is 191 Å². The second-order valence-electron chi connectivity index (χ2n) is 12.2. The fourth-order valence-corrected chi connectivity index (χ4v) is 3.77. The zero-order chi connectivity index (χ0) is 55.4. The van der Waals surface area contributed by atoms with Crippen LogP contribution < -0.4 is 0 Å². The molecule has 1 N–H and O–H groups in total. The van der Waals surface area contributed by atoms with Crippen molar-refractivity contribution in [1.29, 1.82) is 0 Å². The summed E-state index contributed by atoms with van der Waals surface area (Å²) in [5.74, 6) is -176. The molecule has 0 aromatic carbocycles. The summed E-state index contributed by atoms with van der Waals surface area (Å²) in [6.45, 7) is 0. The summed E-state index contributed by atoms with van der Waals surface area (Å²) < 4.78 is 535. The number of ether oxygens (including phenoxy) is 1. The number of esters is 1. The van der Waals surface area contributed by atoms with Crippen LogP contribution in [0, 0.1) is 0 Å². The monoisotopic (exact) mass is 1100 g/mol. The largest absolute Gasteiger partial charge is 0.481 e. The highest BCUT2D eigenvalue weighted by Gasteiger charge is 2.99. The van der Waals surface area contributed by atoms with Crippen LogP contribution in [0.4, 0.5) is 171 Å². The van der Waals surface area contributed by atoms with E-state index in [4.69, 9.17) is 5.11 Å². The van der Waals surface area contributed by atoms with Gasteiger partial charge >= 0.3 is 119 Å². The van der Waals surface area contributed by atoms with E-state index in [1.54, 1.807) is 0 Å². The van der Waals surface area contributed by atoms with Crippen molar-refractivity contribution in [3.8, 4) is 0 Å². The maximum absolute atomic E-state index is 14.8. The number of alkyl halides is 38. The molecule has 0 rings (SSSR count). The van der Waals surface area contributed by atoms with Gasteiger partial charge in [0.2, 0.25) is 11.6 Å². The molecule has 0 aromatic heterocycles. The number of carboxylic acids is 1. The molecule has 4 nitrogen and oxygen atoms in total. The topological polar surface area (TPSA) is 63.6 Å². The van der Waals surface area contributed by atoms with E-state index in [1.807, 2.05) is 0 Å². The number of carboxylic acid groups (broad SMARTS) is 1. The highest BCUT2D eigenvalue weighted by molar-refractivity contribution is 5.77. The van der Waals surface area contributed by atoms with Gasteiger partial charge in [-0.1, -0.05) is 0 Å². The Bertz CT molecular complexity index is 1880. The van der Waals surface area contributed by atoms with Gasteiger partial charge in [-0.3, -0.25) is 9.59 Å². The van der Waals surface area contributed by atoms with Crippen molar-refractivity contribution in [2.45, 2.75) is 120 Å². The van der Waals surface area contributed by atoms with Gasteiger partial charge in [-0.2, -0.15) is 167 Å². The molecule has 0 saturated carbocycles. The third-order valence-electron chi connectivity index (χ3n) is 7.75. The van der Waals surface area contributed by atoms with Gasteiger partial charge in [0.1, 0.15) is 0 Å². The number of hydrogen-bond donors (Lipinski definition) is 1. The first-order valence-electron chi connectivity index (χ1n) is 14.4. The average Bonchev–Trinajstić information content (AvgIpc) is 3.10. The van der Waals surface area contributed by atoms with Crippen LogP contribution in [0.3, 0.4) is 0 Å². The third-order valence-corrected chi connectivity index (χ3v) is 7.75. The predicted molar refractivity (Wildman–Crippen MR) is 122 cm³/mol. The van der Waals surface area contributed by atoms with Gasteiger partial charge in [0.05, 0.1) is 12.8 Å². The molecule has 0 aliphatic rings. The van der Waals surface area contributed by atoms with Gasteiger partial charge in [0.15, 0.2) is 0 Å². The molecule has 43 heteroatoms. The molecule has 0 fully saturated rings. The SMILES string of the molecule is O=C(O)CCC(=O)OC(=C(F)C(F)(F)C(F)(F)C(F)(F)C(F)(F)C(F)(F)C(F)(F)C(F)(F)C(F)(F)C(F)(F)C(F)(F)F)C(F)(F)C(F)(F)C(F)(F)C(F)(F)C(F)(F)C(F)(F)C(F)(F)C(F)(F)F. The van der Waals surface area contributed by atoms with Crippen molar-refractivity contribution in [2.24, 2.45) is 0 Å². The lowest BCUT2D eigenvalue weighted by Crippen LogP contribution is -2.77. The fourth-order valence-electron chi connectivity index (χ4n) is 3.77. The van der Waals surface area contributed by atoms with Crippen LogP contribution in [-0.4, -0.2) is 124 Å². The standard InChI is InChI=1S/C24H5F39O4/c25-5(7(26,27)9(30,31)11(34,35)13(38,39)15(42,43)16(44,45)18(48,49)20(52,53)22(56,57)24(61,62)63)6(67-4(66)2-1-3(64)65)8(28,29)10(32,33)12(36,37)14(40,41)17(46,47)19(50,51)21(54,55)23(58,59)60/h1-2H2,(H,64,65). The van der Waals surface area contributed by atoms with E-state index in [2.05, 4.69) is 4.74 Å². The second-order valence-corrected chi connectivity index (χ2v) is 12.2. The lowest BCUT2D eigenvalue weighted by atomic mass is 9.85. The van der Waals surface area contributed by atoms with E-state index in [-0.39, 0.29) is 0 Å². The lowest BCUT2D eigenvalue weighted by molar-refractivity contribution is -0.473. The number of allylic oxidation sites excluding steroid dienone is 2. The maximum atomic E-state index is 14.8. The van der Waals surface area contributed by atoms with Gasteiger partial charge < -0.3 is 9.84 Å². The van der Waals surface area contributed by atoms with Crippen molar-refractivity contribution >= 4 is 11.9 Å². The van der Waals surface area contributed by atoms with E-state index < -0.39 is 143 Å². The second kappa shape index (κ2) is 16.3. The summed E-state index contributed by atoms with van der Waals surface area (Å²) in [5.41, 5.74) is 0. The van der Waals surface area contributed by atoms with E-state index >= 15 is 0 Å². The third kappa shape index (κ3) is 8.18. The van der Waals surface area contributed by atoms with Gasteiger partial charge in [-0.25, -0.2) is 4.39 Å². The minimum Gasteiger partial charge on any atom is -0.481 e. The molecule has 67 heavy (non-hydrogen) atoms. The highest BCUT2D eigenvalue weighted by Crippen LogP contribution is 2.69. The molecule has 0 atom stereocenters. The van der Waals surface area contributed by atoms with Crippen LogP contribution in [0.1, 0.15) is 12.8 Å². The molecular formula is C24H5F39O4. The molecule has 0 radical (unpaired) electrons. The van der Waals surface area contributed by atoms with Crippen LogP contribution in [0.15, 0.2) is 11.6 Å². The van der Waals surface area contributed by atoms with E-state index in [9.17, 15) is 181 Å². The molecule has 0 aromatic rings. The van der Waals surface area contributed by atoms with Crippen molar-refractivity contribution in [1.82, 2.24) is 0 Å². The first kappa shape index (κ1) is 63.0. The van der Waals surface area contributed by atoms with Gasteiger partial charge in [-0.05, 0) is 0 Å². The number of carbonyl (C=O) groups is 2. The smallest absolute Gasteiger partial charge is 0.460 e. The molecule has 398 valence electrons. The van der Waals surface area contributed by atoms with E-state index in [1.165, 1.54) is 0 Å². The predicted octanol–water partition coefficient (Wildman–Crippen LogP) is 12.9. The first-order chi connectivity index (χ1) is 28.4. The Morgan fingerprint density at radius 3 is 0.701 bits per heavy atom. The summed E-state index contributed by atoms with van der Waals surface area (Å²) in [5, 5.41) is 8.27. The van der Waals surface area contributed by atoms with Crippen LogP contribution in [0.2, 0.25) is 0 Å². The molecule has 0 aliphatic heterocycles. The molecule has 0 amide bonds. The molecule has 0 unspecified atom stereocenters. The number of carbonyl (C=O) groups excluding carboxylic acids is 1. The van der Waals surface area contributed by atoms with Crippen LogP contribution in [0.25, 0.3) is 0 Å². The average molecular weight is 1100 g/mol. The van der Waals surface area contributed by atoms with Crippen molar-refractivity contribution in [2.75, 3.05) is 0 Å². The van der Waals surface area contributed by atoms with Crippen molar-refractivity contribution in [3.05, 3.63) is 11.6 Å². The Labute approximate surface area is 335 Å². The van der Waals surface area contributed by atoms with Crippen LogP contribution in [-0.2, 0) is 14.3 Å². The van der Waals surface area contributed by atoms with Crippen molar-refractivity contribution in [3.63, 3.8) is 0 Å². The highest BCUT2D eigenvalue weighted by atomic mass is 19.5. The van der Waals surface area contributed by atoms with E-state index in [0.717, 1.165) is 0 Å². The Balaban J connectivity index is 8.57. The Kier molecular flexibility index (Phi) is 15.3. The van der Waals surface area contributed by atoms with Gasteiger partial charge in [0, 0.05) is 0 Å². The molecular weight excluding hydrogens is 1090 g/mol. The Hall–Kier alpha value is -4.05. The summed E-state index contributed by atoms with van der Waals surface area (Å²) in [6, 6.07) is 0. The number of hydrogen-bond acceptors (Lipinski definition) is 3. The maximum Gasteiger partial charge on any atom is 0.460 e. The zero-order valence-corrected chi connectivity index (χ0v) is 28.8. The fraction of sp³-hybridized carbons (Fsp3) is 0.833. The first-order valence-corrected chi connectivity index (χ1v) is 14.4. The van der Waals surface area contributed by atoms with E-state index in [0.29, 0.717) is 0 Å². The quantitative estimate of drug-likeness (QED) is 0.0750. The Morgan fingerprint density at radius 2 is 0.493 bits per heavy atom. The zero-order valence-electron chi connectivity index (χ0n) is 28.8. The van der Waals surface area contributed by atoms with Crippen LogP contribution in [0.5, 0.6) is 0 Å². The molecule has 0 saturated heterocycles. The molecule has 0 bridgehead atoms. The summed E-state index contributed by atoms with van der Waals surface area (Å²) in [7, 11) is 0.